The lowest BCUT2D eigenvalue weighted by molar-refractivity contribution is 0.0952. The van der Waals surface area contributed by atoms with Crippen molar-refractivity contribution in [2.24, 2.45) is 0 Å². The first-order valence-corrected chi connectivity index (χ1v) is 8.58. The molecule has 3 rings (SSSR count). The third-order valence-electron chi connectivity index (χ3n) is 4.36. The molecule has 4 nitrogen and oxygen atoms in total. The van der Waals surface area contributed by atoms with Crippen LogP contribution >= 0.6 is 0 Å². The number of carbonyl (C=O) groups excluding carboxylic acids is 1. The highest BCUT2D eigenvalue weighted by molar-refractivity contribution is 6.06. The van der Waals surface area contributed by atoms with Gasteiger partial charge in [0.25, 0.3) is 5.91 Å². The van der Waals surface area contributed by atoms with Crippen LogP contribution in [0.15, 0.2) is 42.5 Å². The van der Waals surface area contributed by atoms with Crippen LogP contribution in [0.2, 0.25) is 0 Å². The molecule has 0 aliphatic carbocycles. The molecule has 0 aliphatic heterocycles. The van der Waals surface area contributed by atoms with E-state index in [1.807, 2.05) is 63.2 Å². The third-order valence-corrected chi connectivity index (χ3v) is 4.36. The summed E-state index contributed by atoms with van der Waals surface area (Å²) in [6.45, 7) is 8.50. The van der Waals surface area contributed by atoms with E-state index >= 15 is 0 Å². The second-order valence-corrected chi connectivity index (χ2v) is 6.56. The number of amides is 1. The fraction of sp³-hybridized carbons (Fsp3) is 0.286. The Morgan fingerprint density at radius 3 is 2.64 bits per heavy atom. The van der Waals surface area contributed by atoms with Crippen molar-refractivity contribution in [2.75, 3.05) is 0 Å². The van der Waals surface area contributed by atoms with E-state index in [9.17, 15) is 4.79 Å². The van der Waals surface area contributed by atoms with Crippen LogP contribution in [-0.4, -0.2) is 17.0 Å². The number of ether oxygens (including phenoxy) is 1. The van der Waals surface area contributed by atoms with Crippen molar-refractivity contribution in [3.63, 3.8) is 0 Å². The maximum absolute atomic E-state index is 12.7. The second-order valence-electron chi connectivity index (χ2n) is 6.56. The number of H-pyrrole nitrogens is 1. The number of fused-ring (bicyclic) bond motifs is 1. The lowest BCUT2D eigenvalue weighted by atomic mass is 10.1. The molecule has 3 aromatic rings. The molecular weight excluding hydrogens is 312 g/mol. The first kappa shape index (κ1) is 17.1. The number of rotatable bonds is 5. The van der Waals surface area contributed by atoms with Gasteiger partial charge in [0.2, 0.25) is 0 Å². The summed E-state index contributed by atoms with van der Waals surface area (Å²) in [5.41, 5.74) is 4.79. The number of para-hydroxylation sites is 2. The minimum atomic E-state index is -0.0915. The number of benzene rings is 2. The number of aromatic nitrogens is 1. The summed E-state index contributed by atoms with van der Waals surface area (Å²) >= 11 is 0. The Morgan fingerprint density at radius 1 is 1.12 bits per heavy atom. The quantitative estimate of drug-likeness (QED) is 0.720. The van der Waals surface area contributed by atoms with Gasteiger partial charge in [0.15, 0.2) is 0 Å². The Labute approximate surface area is 148 Å². The summed E-state index contributed by atoms with van der Waals surface area (Å²) < 4.78 is 5.82. The number of hydrogen-bond donors (Lipinski definition) is 2. The van der Waals surface area contributed by atoms with Crippen LogP contribution in [-0.2, 0) is 6.54 Å². The van der Waals surface area contributed by atoms with Crippen molar-refractivity contribution in [3.05, 3.63) is 64.8 Å². The van der Waals surface area contributed by atoms with E-state index in [0.717, 1.165) is 27.9 Å². The minimum Gasteiger partial charge on any atom is -0.491 e. The SMILES string of the molecule is Cc1[nH]c2c(C(=O)NCc3ccccc3OC(C)C)cccc2c1C. The van der Waals surface area contributed by atoms with Crippen molar-refractivity contribution < 1.29 is 9.53 Å². The Hall–Kier alpha value is -2.75. The van der Waals surface area contributed by atoms with Crippen LogP contribution in [0.3, 0.4) is 0 Å². The van der Waals surface area contributed by atoms with Crippen molar-refractivity contribution in [2.45, 2.75) is 40.3 Å². The molecule has 4 heteroatoms. The van der Waals surface area contributed by atoms with Gasteiger partial charge in [0.1, 0.15) is 5.75 Å². The van der Waals surface area contributed by atoms with Gasteiger partial charge in [-0.15, -0.1) is 0 Å². The Bertz CT molecular complexity index is 909. The molecule has 2 aromatic carbocycles. The van der Waals surface area contributed by atoms with Gasteiger partial charge in [0.05, 0.1) is 17.2 Å². The maximum atomic E-state index is 12.7. The van der Waals surface area contributed by atoms with E-state index in [-0.39, 0.29) is 12.0 Å². The summed E-state index contributed by atoms with van der Waals surface area (Å²) in [5, 5.41) is 4.10. The standard InChI is InChI=1S/C21H24N2O2/c1-13(2)25-19-11-6-5-8-16(19)12-22-21(24)18-10-7-9-17-14(3)15(4)23-20(17)18/h5-11,13,23H,12H2,1-4H3,(H,22,24). The molecule has 2 N–H and O–H groups in total. The smallest absolute Gasteiger partial charge is 0.253 e. The van der Waals surface area contributed by atoms with Gasteiger partial charge in [-0.2, -0.15) is 0 Å². The molecule has 0 bridgehead atoms. The molecule has 0 aliphatic rings. The van der Waals surface area contributed by atoms with E-state index in [1.165, 1.54) is 5.56 Å². The zero-order valence-electron chi connectivity index (χ0n) is 15.1. The van der Waals surface area contributed by atoms with E-state index in [1.54, 1.807) is 0 Å². The average molecular weight is 336 g/mol. The van der Waals surface area contributed by atoms with E-state index in [2.05, 4.69) is 17.2 Å². The van der Waals surface area contributed by atoms with E-state index in [4.69, 9.17) is 4.74 Å². The molecule has 0 spiro atoms. The van der Waals surface area contributed by atoms with Crippen LogP contribution < -0.4 is 10.1 Å². The molecule has 0 saturated carbocycles. The molecule has 25 heavy (non-hydrogen) atoms. The molecule has 0 atom stereocenters. The molecule has 1 aromatic heterocycles. The van der Waals surface area contributed by atoms with Crippen molar-refractivity contribution in [1.82, 2.24) is 10.3 Å². The molecule has 0 unspecified atom stereocenters. The first-order valence-electron chi connectivity index (χ1n) is 8.58. The second kappa shape index (κ2) is 7.01. The van der Waals surface area contributed by atoms with Crippen molar-refractivity contribution >= 4 is 16.8 Å². The third kappa shape index (κ3) is 3.53. The van der Waals surface area contributed by atoms with Crippen LogP contribution in [0.1, 0.15) is 41.0 Å². The number of carbonyl (C=O) groups is 1. The normalized spacial score (nSPS) is 11.1. The summed E-state index contributed by atoms with van der Waals surface area (Å²) in [6, 6.07) is 13.6. The lowest BCUT2D eigenvalue weighted by Crippen LogP contribution is -2.23. The molecule has 0 radical (unpaired) electrons. The summed E-state index contributed by atoms with van der Waals surface area (Å²) in [6.07, 6.45) is 0.0930. The van der Waals surface area contributed by atoms with Gasteiger partial charge in [-0.05, 0) is 45.4 Å². The lowest BCUT2D eigenvalue weighted by Gasteiger charge is -2.14. The molecule has 1 amide bonds. The summed E-state index contributed by atoms with van der Waals surface area (Å²) in [4.78, 5) is 16.0. The summed E-state index contributed by atoms with van der Waals surface area (Å²) in [5.74, 6) is 0.716. The topological polar surface area (TPSA) is 54.1 Å². The highest BCUT2D eigenvalue weighted by Crippen LogP contribution is 2.24. The largest absolute Gasteiger partial charge is 0.491 e. The zero-order chi connectivity index (χ0) is 18.0. The fourth-order valence-corrected chi connectivity index (χ4v) is 2.96. The van der Waals surface area contributed by atoms with E-state index < -0.39 is 0 Å². The maximum Gasteiger partial charge on any atom is 0.253 e. The Morgan fingerprint density at radius 2 is 1.88 bits per heavy atom. The molecule has 130 valence electrons. The van der Waals surface area contributed by atoms with Crippen molar-refractivity contribution in [3.8, 4) is 5.75 Å². The highest BCUT2D eigenvalue weighted by atomic mass is 16.5. The number of aromatic amines is 1. The van der Waals surface area contributed by atoms with Crippen LogP contribution in [0, 0.1) is 13.8 Å². The fourth-order valence-electron chi connectivity index (χ4n) is 2.96. The Balaban J connectivity index is 1.81. The van der Waals surface area contributed by atoms with Crippen molar-refractivity contribution in [1.29, 1.82) is 0 Å². The van der Waals surface area contributed by atoms with Crippen LogP contribution in [0.5, 0.6) is 5.75 Å². The number of nitrogens with one attached hydrogen (secondary N) is 2. The van der Waals surface area contributed by atoms with Crippen LogP contribution in [0.25, 0.3) is 10.9 Å². The Kier molecular flexibility index (Phi) is 4.79. The number of hydrogen-bond acceptors (Lipinski definition) is 2. The van der Waals surface area contributed by atoms with Gasteiger partial charge in [-0.1, -0.05) is 30.3 Å². The number of aryl methyl sites for hydroxylation is 2. The molecule has 0 fully saturated rings. The van der Waals surface area contributed by atoms with Gasteiger partial charge >= 0.3 is 0 Å². The molecule has 1 heterocycles. The monoisotopic (exact) mass is 336 g/mol. The average Bonchev–Trinajstić information content (AvgIpc) is 2.88. The van der Waals surface area contributed by atoms with Gasteiger partial charge in [-0.3, -0.25) is 4.79 Å². The van der Waals surface area contributed by atoms with E-state index in [0.29, 0.717) is 12.1 Å². The molecule has 0 saturated heterocycles. The molecular formula is C21H24N2O2. The van der Waals surface area contributed by atoms with Gasteiger partial charge in [-0.25, -0.2) is 0 Å². The van der Waals surface area contributed by atoms with Gasteiger partial charge < -0.3 is 15.0 Å². The predicted molar refractivity (Wildman–Crippen MR) is 101 cm³/mol. The summed E-state index contributed by atoms with van der Waals surface area (Å²) in [7, 11) is 0. The van der Waals surface area contributed by atoms with Crippen LogP contribution in [0.4, 0.5) is 0 Å². The zero-order valence-corrected chi connectivity index (χ0v) is 15.1. The highest BCUT2D eigenvalue weighted by Gasteiger charge is 2.14. The predicted octanol–water partition coefficient (Wildman–Crippen LogP) is 4.50. The minimum absolute atomic E-state index is 0.0915. The first-order chi connectivity index (χ1) is 12.0. The van der Waals surface area contributed by atoms with Gasteiger partial charge in [0, 0.05) is 23.2 Å².